The number of para-hydroxylation sites is 1. The highest BCUT2D eigenvalue weighted by Crippen LogP contribution is 2.49. The number of hydrogen-bond donors (Lipinski definition) is 1. The number of nitrogens with zero attached hydrogens (tertiary/aromatic N) is 3. The van der Waals surface area contributed by atoms with Crippen LogP contribution >= 0.6 is 23.4 Å². The Hall–Kier alpha value is -3.21. The van der Waals surface area contributed by atoms with E-state index in [0.717, 1.165) is 16.8 Å². The fourth-order valence-electron chi connectivity index (χ4n) is 4.79. The van der Waals surface area contributed by atoms with Crippen LogP contribution in [-0.4, -0.2) is 68.4 Å². The lowest BCUT2D eigenvalue weighted by Gasteiger charge is -2.25. The van der Waals surface area contributed by atoms with Crippen LogP contribution in [0.3, 0.4) is 0 Å². The Morgan fingerprint density at radius 3 is 2.51 bits per heavy atom. The zero-order valence-electron chi connectivity index (χ0n) is 24.3. The summed E-state index contributed by atoms with van der Waals surface area (Å²) in [5.74, 6) is 1.44. The van der Waals surface area contributed by atoms with Crippen molar-refractivity contribution < 1.29 is 23.8 Å². The summed E-state index contributed by atoms with van der Waals surface area (Å²) in [7, 11) is 4.81. The largest absolute Gasteiger partial charge is 0.493 e. The molecule has 1 atom stereocenters. The summed E-state index contributed by atoms with van der Waals surface area (Å²) in [6, 6.07) is 13.1. The number of nitrogens with one attached hydrogen (secondary N) is 1. The van der Waals surface area contributed by atoms with Gasteiger partial charge in [-0.3, -0.25) is 14.5 Å². The number of aromatic nitrogens is 2. The molecule has 41 heavy (non-hydrogen) atoms. The van der Waals surface area contributed by atoms with Crippen LogP contribution in [0, 0.1) is 0 Å². The van der Waals surface area contributed by atoms with Crippen LogP contribution < -0.4 is 19.7 Å². The summed E-state index contributed by atoms with van der Waals surface area (Å²) >= 11 is 8.19. The van der Waals surface area contributed by atoms with E-state index in [1.165, 1.54) is 11.8 Å². The van der Waals surface area contributed by atoms with Gasteiger partial charge in [-0.25, -0.2) is 4.68 Å². The van der Waals surface area contributed by atoms with Gasteiger partial charge in [0.1, 0.15) is 12.4 Å². The van der Waals surface area contributed by atoms with Crippen LogP contribution in [0.2, 0.25) is 5.02 Å². The highest BCUT2D eigenvalue weighted by molar-refractivity contribution is 8.00. The number of anilines is 1. The molecule has 0 radical (unpaired) electrons. The molecule has 0 bridgehead atoms. The monoisotopic (exact) mass is 600 g/mol. The maximum atomic E-state index is 13.8. The first-order valence-corrected chi connectivity index (χ1v) is 14.8. The molecule has 0 saturated heterocycles. The number of methoxy groups -OCH3 is 3. The highest BCUT2D eigenvalue weighted by atomic mass is 35.5. The summed E-state index contributed by atoms with van der Waals surface area (Å²) in [4.78, 5) is 28.5. The van der Waals surface area contributed by atoms with Crippen molar-refractivity contribution in [1.29, 1.82) is 0 Å². The quantitative estimate of drug-likeness (QED) is 0.321. The van der Waals surface area contributed by atoms with Gasteiger partial charge in [0.05, 0.1) is 41.6 Å². The smallest absolute Gasteiger partial charge is 0.240 e. The number of amides is 2. The lowest BCUT2D eigenvalue weighted by Crippen LogP contribution is -2.42. The highest BCUT2D eigenvalue weighted by Gasteiger charge is 2.40. The Bertz CT molecular complexity index is 1400. The van der Waals surface area contributed by atoms with Crippen molar-refractivity contribution in [3.05, 3.63) is 64.3 Å². The summed E-state index contributed by atoms with van der Waals surface area (Å²) in [6.45, 7) is 7.08. The fraction of sp³-hybridized carbons (Fsp3) is 0.433. The Labute approximate surface area is 250 Å². The second-order valence-electron chi connectivity index (χ2n) is 10.7. The molecule has 11 heteroatoms. The molecule has 0 aliphatic carbocycles. The van der Waals surface area contributed by atoms with Gasteiger partial charge in [-0.2, -0.15) is 5.10 Å². The molecule has 2 heterocycles. The van der Waals surface area contributed by atoms with E-state index in [1.54, 1.807) is 37.0 Å². The summed E-state index contributed by atoms with van der Waals surface area (Å²) in [5.41, 5.74) is 2.81. The third-order valence-corrected chi connectivity index (χ3v) is 8.31. The van der Waals surface area contributed by atoms with Gasteiger partial charge in [-0.15, -0.1) is 11.8 Å². The minimum atomic E-state index is -0.395. The predicted molar refractivity (Wildman–Crippen MR) is 163 cm³/mol. The Morgan fingerprint density at radius 2 is 1.85 bits per heavy atom. The number of ether oxygens (including phenoxy) is 3. The number of carbonyl (C=O) groups excluding carboxylic acids is 2. The van der Waals surface area contributed by atoms with Crippen molar-refractivity contribution in [3.8, 4) is 17.2 Å². The van der Waals surface area contributed by atoms with Crippen LogP contribution in [0.15, 0.2) is 42.5 Å². The molecular formula is C30H37ClN4O5S. The van der Waals surface area contributed by atoms with Crippen molar-refractivity contribution in [2.45, 2.75) is 37.9 Å². The number of thioether (sulfide) groups is 1. The average molecular weight is 601 g/mol. The molecule has 4 rings (SSSR count). The Kier molecular flexibility index (Phi) is 9.88. The maximum Gasteiger partial charge on any atom is 0.240 e. The number of fused-ring (bicyclic) bond motifs is 1. The molecule has 3 aromatic rings. The van der Waals surface area contributed by atoms with Gasteiger partial charge >= 0.3 is 0 Å². The molecule has 1 aliphatic heterocycles. The maximum absolute atomic E-state index is 13.8. The van der Waals surface area contributed by atoms with Gasteiger partial charge in [0.2, 0.25) is 11.8 Å². The van der Waals surface area contributed by atoms with Gasteiger partial charge in [-0.1, -0.05) is 50.6 Å². The van der Waals surface area contributed by atoms with Gasteiger partial charge in [0, 0.05) is 31.2 Å². The molecule has 0 fully saturated rings. The normalized spacial score (nSPS) is 15.3. The van der Waals surface area contributed by atoms with E-state index in [2.05, 4.69) is 26.1 Å². The summed E-state index contributed by atoms with van der Waals surface area (Å²) in [5, 5.41) is 8.19. The molecule has 0 saturated carbocycles. The fourth-order valence-corrected chi connectivity index (χ4v) is 6.19. The molecule has 2 amide bonds. The lowest BCUT2D eigenvalue weighted by atomic mass is 9.87. The van der Waals surface area contributed by atoms with Crippen LogP contribution in [-0.2, 0) is 19.7 Å². The van der Waals surface area contributed by atoms with E-state index in [-0.39, 0.29) is 29.4 Å². The van der Waals surface area contributed by atoms with Gasteiger partial charge in [-0.05, 0) is 36.2 Å². The number of rotatable bonds is 10. The zero-order valence-corrected chi connectivity index (χ0v) is 25.9. The second kappa shape index (κ2) is 13.2. The van der Waals surface area contributed by atoms with E-state index in [4.69, 9.17) is 30.9 Å². The third kappa shape index (κ3) is 6.66. The number of hydrogen-bond acceptors (Lipinski definition) is 7. The number of halogens is 1. The van der Waals surface area contributed by atoms with Crippen LogP contribution in [0.1, 0.15) is 49.3 Å². The Balaban J connectivity index is 1.94. The van der Waals surface area contributed by atoms with Gasteiger partial charge in [0.25, 0.3) is 0 Å². The van der Waals surface area contributed by atoms with E-state index in [1.807, 2.05) is 36.4 Å². The molecule has 1 aromatic heterocycles. The Morgan fingerprint density at radius 1 is 1.12 bits per heavy atom. The predicted octanol–water partition coefficient (Wildman–Crippen LogP) is 5.16. The molecule has 0 spiro atoms. The van der Waals surface area contributed by atoms with Gasteiger partial charge in [0.15, 0.2) is 11.5 Å². The minimum absolute atomic E-state index is 0.155. The molecule has 2 aromatic carbocycles. The zero-order chi connectivity index (χ0) is 29.7. The second-order valence-corrected chi connectivity index (χ2v) is 12.2. The average Bonchev–Trinajstić information content (AvgIpc) is 3.28. The molecule has 220 valence electrons. The van der Waals surface area contributed by atoms with Gasteiger partial charge < -0.3 is 19.5 Å². The van der Waals surface area contributed by atoms with Crippen LogP contribution in [0.25, 0.3) is 5.69 Å². The SMILES string of the molecule is COCCCNC(=O)CN1C(=O)CSC(c2ccc(OC)c(OC)c2)c2c(C(C)(C)C)nn(-c3ccccc3Cl)c21. The van der Waals surface area contributed by atoms with Crippen molar-refractivity contribution in [1.82, 2.24) is 15.1 Å². The van der Waals surface area contributed by atoms with Crippen LogP contribution in [0.4, 0.5) is 5.82 Å². The minimum Gasteiger partial charge on any atom is -0.493 e. The third-order valence-electron chi connectivity index (χ3n) is 6.74. The van der Waals surface area contributed by atoms with E-state index in [9.17, 15) is 9.59 Å². The molecule has 1 unspecified atom stereocenters. The lowest BCUT2D eigenvalue weighted by molar-refractivity contribution is -0.122. The number of carbonyl (C=O) groups is 2. The first-order chi connectivity index (χ1) is 19.6. The topological polar surface area (TPSA) is 94.9 Å². The van der Waals surface area contributed by atoms with Crippen molar-refractivity contribution in [3.63, 3.8) is 0 Å². The molecule has 1 N–H and O–H groups in total. The molecular weight excluding hydrogens is 564 g/mol. The van der Waals surface area contributed by atoms with Crippen molar-refractivity contribution in [2.24, 2.45) is 0 Å². The first kappa shape index (κ1) is 30.7. The van der Waals surface area contributed by atoms with Crippen molar-refractivity contribution in [2.75, 3.05) is 51.7 Å². The first-order valence-electron chi connectivity index (χ1n) is 13.4. The summed E-state index contributed by atoms with van der Waals surface area (Å²) in [6.07, 6.45) is 0.671. The van der Waals surface area contributed by atoms with E-state index in [0.29, 0.717) is 47.6 Å². The summed E-state index contributed by atoms with van der Waals surface area (Å²) < 4.78 is 17.9. The molecule has 1 aliphatic rings. The van der Waals surface area contributed by atoms with Crippen molar-refractivity contribution >= 4 is 41.0 Å². The van der Waals surface area contributed by atoms with E-state index < -0.39 is 5.41 Å². The van der Waals surface area contributed by atoms with Crippen LogP contribution in [0.5, 0.6) is 11.5 Å². The number of benzene rings is 2. The molecule has 9 nitrogen and oxygen atoms in total. The standard InChI is InChI=1S/C30H37ClN4O5S/c1-30(2,3)28-26-27(19-12-13-22(39-5)23(16-19)40-6)41-18-25(37)34(17-24(36)32-14-9-15-38-4)29(26)35(33-28)21-11-8-7-10-20(21)31/h7-8,10-13,16,27H,9,14-15,17-18H2,1-6H3,(H,32,36). The van der Waals surface area contributed by atoms with E-state index >= 15 is 0 Å².